The Morgan fingerprint density at radius 3 is 3.00 bits per heavy atom. The van der Waals surface area contributed by atoms with E-state index in [1.54, 1.807) is 16.8 Å². The van der Waals surface area contributed by atoms with Gasteiger partial charge in [0.05, 0.1) is 17.3 Å². The van der Waals surface area contributed by atoms with Crippen LogP contribution < -0.4 is 5.76 Å². The summed E-state index contributed by atoms with van der Waals surface area (Å²) >= 11 is 0. The summed E-state index contributed by atoms with van der Waals surface area (Å²) in [7, 11) is 0. The minimum atomic E-state index is -0.416. The maximum atomic E-state index is 12.8. The van der Waals surface area contributed by atoms with E-state index in [0.29, 0.717) is 12.1 Å². The number of aromatic nitrogens is 2. The number of pyridine rings is 1. The van der Waals surface area contributed by atoms with Gasteiger partial charge < -0.3 is 9.32 Å². The quantitative estimate of drug-likeness (QED) is 0.724. The van der Waals surface area contributed by atoms with Gasteiger partial charge in [0.1, 0.15) is 0 Å². The molecule has 0 saturated carbocycles. The van der Waals surface area contributed by atoms with E-state index in [2.05, 4.69) is 4.98 Å². The lowest BCUT2D eigenvalue weighted by molar-refractivity contribution is -0.132. The normalized spacial score (nSPS) is 17.1. The van der Waals surface area contributed by atoms with Crippen molar-refractivity contribution < 1.29 is 9.21 Å². The van der Waals surface area contributed by atoms with E-state index in [4.69, 9.17) is 4.42 Å². The predicted molar refractivity (Wildman–Crippen MR) is 97.8 cm³/mol. The van der Waals surface area contributed by atoms with Crippen molar-refractivity contribution in [2.45, 2.75) is 38.8 Å². The summed E-state index contributed by atoms with van der Waals surface area (Å²) in [4.78, 5) is 31.2. The van der Waals surface area contributed by atoms with Gasteiger partial charge in [0.25, 0.3) is 0 Å². The minimum Gasteiger partial charge on any atom is -0.408 e. The summed E-state index contributed by atoms with van der Waals surface area (Å²) in [6.07, 6.45) is 3.93. The van der Waals surface area contributed by atoms with Crippen LogP contribution in [-0.4, -0.2) is 26.9 Å². The molecule has 1 aliphatic rings. The topological polar surface area (TPSA) is 68.3 Å². The van der Waals surface area contributed by atoms with Gasteiger partial charge in [0, 0.05) is 25.7 Å². The first kappa shape index (κ1) is 16.6. The summed E-state index contributed by atoms with van der Waals surface area (Å²) in [6.45, 7) is 3.02. The second kappa shape index (κ2) is 6.78. The SMILES string of the molecule is Cc1ccc2oc(=O)n(CCC(=O)N3CCC[C@H]3c3ccccn3)c2c1. The number of fused-ring (bicyclic) bond motifs is 1. The molecule has 1 saturated heterocycles. The van der Waals surface area contributed by atoms with Gasteiger partial charge in [0.2, 0.25) is 5.91 Å². The van der Waals surface area contributed by atoms with Crippen LogP contribution in [0.25, 0.3) is 11.1 Å². The zero-order valence-corrected chi connectivity index (χ0v) is 14.7. The average molecular weight is 351 g/mol. The van der Waals surface area contributed by atoms with Crippen LogP contribution >= 0.6 is 0 Å². The molecule has 6 nitrogen and oxygen atoms in total. The molecule has 1 atom stereocenters. The fourth-order valence-electron chi connectivity index (χ4n) is 3.68. The summed E-state index contributed by atoms with van der Waals surface area (Å²) in [5, 5.41) is 0. The Hall–Kier alpha value is -2.89. The lowest BCUT2D eigenvalue weighted by Gasteiger charge is -2.24. The van der Waals surface area contributed by atoms with Crippen LogP contribution in [0.2, 0.25) is 0 Å². The standard InChI is InChI=1S/C20H21N3O3/c1-14-7-8-18-17(13-14)23(20(25)26-18)12-9-19(24)22-11-4-6-16(22)15-5-2-3-10-21-15/h2-3,5,7-8,10,13,16H,4,6,9,11-12H2,1H3/t16-/m0/s1. The number of aryl methyl sites for hydroxylation is 2. The molecule has 3 heterocycles. The first-order valence-electron chi connectivity index (χ1n) is 8.94. The first-order chi connectivity index (χ1) is 12.6. The molecule has 0 aliphatic carbocycles. The van der Waals surface area contributed by atoms with Crippen molar-refractivity contribution in [1.29, 1.82) is 0 Å². The highest BCUT2D eigenvalue weighted by atomic mass is 16.4. The molecule has 0 bridgehead atoms. The van der Waals surface area contributed by atoms with E-state index in [9.17, 15) is 9.59 Å². The molecule has 2 aromatic heterocycles. The second-order valence-electron chi connectivity index (χ2n) is 6.74. The van der Waals surface area contributed by atoms with Crippen LogP contribution in [0.5, 0.6) is 0 Å². The molecule has 0 unspecified atom stereocenters. The Morgan fingerprint density at radius 1 is 1.31 bits per heavy atom. The van der Waals surface area contributed by atoms with Crippen molar-refractivity contribution in [2.24, 2.45) is 0 Å². The Bertz CT molecular complexity index is 990. The van der Waals surface area contributed by atoms with Gasteiger partial charge in [0.15, 0.2) is 5.58 Å². The lowest BCUT2D eigenvalue weighted by atomic mass is 10.1. The monoisotopic (exact) mass is 351 g/mol. The van der Waals surface area contributed by atoms with Crippen LogP contribution in [-0.2, 0) is 11.3 Å². The zero-order valence-electron chi connectivity index (χ0n) is 14.7. The maximum absolute atomic E-state index is 12.8. The third-order valence-corrected chi connectivity index (χ3v) is 4.97. The van der Waals surface area contributed by atoms with Crippen LogP contribution in [0.4, 0.5) is 0 Å². The second-order valence-corrected chi connectivity index (χ2v) is 6.74. The molecule has 134 valence electrons. The number of likely N-dealkylation sites (tertiary alicyclic amines) is 1. The molecule has 1 amide bonds. The number of nitrogens with zero attached hydrogens (tertiary/aromatic N) is 3. The van der Waals surface area contributed by atoms with E-state index >= 15 is 0 Å². The molecule has 3 aromatic rings. The molecule has 6 heteroatoms. The number of hydrogen-bond donors (Lipinski definition) is 0. The minimum absolute atomic E-state index is 0.0313. The zero-order chi connectivity index (χ0) is 18.1. The summed E-state index contributed by atoms with van der Waals surface area (Å²) in [5.74, 6) is -0.367. The maximum Gasteiger partial charge on any atom is 0.419 e. The van der Waals surface area contributed by atoms with Crippen LogP contribution in [0, 0.1) is 6.92 Å². The number of rotatable bonds is 4. The van der Waals surface area contributed by atoms with Gasteiger partial charge in [-0.3, -0.25) is 14.3 Å². The highest BCUT2D eigenvalue weighted by molar-refractivity contribution is 5.78. The van der Waals surface area contributed by atoms with Gasteiger partial charge >= 0.3 is 5.76 Å². The average Bonchev–Trinajstić information content (AvgIpc) is 3.25. The smallest absolute Gasteiger partial charge is 0.408 e. The number of carbonyl (C=O) groups excluding carboxylic acids is 1. The number of amides is 1. The first-order valence-corrected chi connectivity index (χ1v) is 8.94. The fraction of sp³-hybridized carbons (Fsp3) is 0.350. The molecule has 1 aromatic carbocycles. The number of oxazole rings is 1. The molecule has 0 spiro atoms. The molecule has 1 fully saturated rings. The predicted octanol–water partition coefficient (Wildman–Crippen LogP) is 3.05. The van der Waals surface area contributed by atoms with E-state index < -0.39 is 5.76 Å². The Balaban J connectivity index is 1.51. The van der Waals surface area contributed by atoms with Crippen LogP contribution in [0.15, 0.2) is 51.8 Å². The van der Waals surface area contributed by atoms with Crippen LogP contribution in [0.1, 0.15) is 36.6 Å². The molecule has 26 heavy (non-hydrogen) atoms. The summed E-state index contributed by atoms with van der Waals surface area (Å²) in [6, 6.07) is 11.4. The van der Waals surface area contributed by atoms with E-state index in [0.717, 1.165) is 36.2 Å². The summed E-state index contributed by atoms with van der Waals surface area (Å²) < 4.78 is 6.82. The molecule has 1 aliphatic heterocycles. The molecule has 0 radical (unpaired) electrons. The van der Waals surface area contributed by atoms with Gasteiger partial charge in [-0.2, -0.15) is 0 Å². The van der Waals surface area contributed by atoms with E-state index in [1.807, 2.05) is 42.2 Å². The van der Waals surface area contributed by atoms with Crippen molar-refractivity contribution >= 4 is 17.0 Å². The Morgan fingerprint density at radius 2 is 2.19 bits per heavy atom. The highest BCUT2D eigenvalue weighted by Gasteiger charge is 2.30. The van der Waals surface area contributed by atoms with Crippen molar-refractivity contribution in [3.05, 3.63) is 64.4 Å². The van der Waals surface area contributed by atoms with Gasteiger partial charge in [-0.15, -0.1) is 0 Å². The third-order valence-electron chi connectivity index (χ3n) is 4.97. The van der Waals surface area contributed by atoms with Gasteiger partial charge in [-0.1, -0.05) is 12.1 Å². The Labute approximate surface area is 151 Å². The molecular weight excluding hydrogens is 330 g/mol. The van der Waals surface area contributed by atoms with Gasteiger partial charge in [-0.05, 0) is 49.6 Å². The van der Waals surface area contributed by atoms with Crippen molar-refractivity contribution in [2.75, 3.05) is 6.54 Å². The summed E-state index contributed by atoms with van der Waals surface area (Å²) in [5.41, 5.74) is 3.28. The van der Waals surface area contributed by atoms with E-state index in [1.165, 1.54) is 0 Å². The van der Waals surface area contributed by atoms with Crippen molar-refractivity contribution in [3.8, 4) is 0 Å². The molecule has 4 rings (SSSR count). The molecular formula is C20H21N3O3. The number of carbonyl (C=O) groups is 1. The van der Waals surface area contributed by atoms with E-state index in [-0.39, 0.29) is 18.4 Å². The largest absolute Gasteiger partial charge is 0.419 e. The lowest BCUT2D eigenvalue weighted by Crippen LogP contribution is -2.32. The number of hydrogen-bond acceptors (Lipinski definition) is 4. The van der Waals surface area contributed by atoms with Crippen LogP contribution in [0.3, 0.4) is 0 Å². The highest BCUT2D eigenvalue weighted by Crippen LogP contribution is 2.31. The fourth-order valence-corrected chi connectivity index (χ4v) is 3.68. The third kappa shape index (κ3) is 3.03. The number of benzene rings is 1. The molecule has 0 N–H and O–H groups in total. The van der Waals surface area contributed by atoms with Crippen molar-refractivity contribution in [1.82, 2.24) is 14.5 Å². The van der Waals surface area contributed by atoms with Gasteiger partial charge in [-0.25, -0.2) is 4.79 Å². The van der Waals surface area contributed by atoms with Crippen molar-refractivity contribution in [3.63, 3.8) is 0 Å². The Kier molecular flexibility index (Phi) is 4.32.